The van der Waals surface area contributed by atoms with E-state index in [1.165, 1.54) is 31.2 Å². The molecular formula is C15H20ClNO. The lowest BCUT2D eigenvalue weighted by molar-refractivity contribution is 0.117. The van der Waals surface area contributed by atoms with Crippen LogP contribution in [0.15, 0.2) is 18.2 Å². The van der Waals surface area contributed by atoms with Crippen molar-refractivity contribution in [3.05, 3.63) is 28.8 Å². The van der Waals surface area contributed by atoms with Crippen LogP contribution in [0.25, 0.3) is 0 Å². The average Bonchev–Trinajstić information content (AvgIpc) is 2.73. The van der Waals surface area contributed by atoms with Gasteiger partial charge in [-0.3, -0.25) is 0 Å². The SMILES string of the molecule is CC1(c2cc(Cl)ccc2OC2CCC2)CCCN1. The molecule has 1 aromatic rings. The van der Waals surface area contributed by atoms with Crippen LogP contribution in [0, 0.1) is 0 Å². The van der Waals surface area contributed by atoms with Gasteiger partial charge in [0.15, 0.2) is 0 Å². The lowest BCUT2D eigenvalue weighted by Crippen LogP contribution is -2.34. The first-order chi connectivity index (χ1) is 8.67. The van der Waals surface area contributed by atoms with Gasteiger partial charge in [-0.1, -0.05) is 11.6 Å². The molecule has 1 unspecified atom stereocenters. The first-order valence-electron chi connectivity index (χ1n) is 6.89. The molecule has 1 saturated heterocycles. The molecule has 1 aliphatic carbocycles. The number of nitrogens with one attached hydrogen (secondary N) is 1. The molecule has 0 amide bonds. The Morgan fingerprint density at radius 3 is 2.78 bits per heavy atom. The van der Waals surface area contributed by atoms with E-state index in [4.69, 9.17) is 16.3 Å². The van der Waals surface area contributed by atoms with Crippen molar-refractivity contribution in [1.82, 2.24) is 5.32 Å². The number of ether oxygens (including phenoxy) is 1. The second kappa shape index (κ2) is 4.75. The van der Waals surface area contributed by atoms with Gasteiger partial charge in [-0.25, -0.2) is 0 Å². The third kappa shape index (κ3) is 2.24. The van der Waals surface area contributed by atoms with Crippen LogP contribution in [-0.2, 0) is 5.54 Å². The van der Waals surface area contributed by atoms with Gasteiger partial charge in [0, 0.05) is 16.1 Å². The first kappa shape index (κ1) is 12.3. The van der Waals surface area contributed by atoms with Crippen LogP contribution in [-0.4, -0.2) is 12.6 Å². The highest BCUT2D eigenvalue weighted by atomic mass is 35.5. The molecular weight excluding hydrogens is 246 g/mol. The number of hydrogen-bond donors (Lipinski definition) is 1. The molecule has 3 rings (SSSR count). The lowest BCUT2D eigenvalue weighted by Gasteiger charge is -2.32. The molecule has 0 spiro atoms. The van der Waals surface area contributed by atoms with Crippen molar-refractivity contribution < 1.29 is 4.74 Å². The summed E-state index contributed by atoms with van der Waals surface area (Å²) in [5.41, 5.74) is 1.24. The summed E-state index contributed by atoms with van der Waals surface area (Å²) in [7, 11) is 0. The Labute approximate surface area is 114 Å². The largest absolute Gasteiger partial charge is 0.490 e. The second-order valence-corrected chi connectivity index (χ2v) is 6.11. The molecule has 0 radical (unpaired) electrons. The van der Waals surface area contributed by atoms with Gasteiger partial charge in [0.2, 0.25) is 0 Å². The Balaban J connectivity index is 1.91. The van der Waals surface area contributed by atoms with Crippen LogP contribution in [0.4, 0.5) is 0 Å². The molecule has 18 heavy (non-hydrogen) atoms. The maximum absolute atomic E-state index is 6.16. The van der Waals surface area contributed by atoms with Crippen LogP contribution in [0.5, 0.6) is 5.75 Å². The van der Waals surface area contributed by atoms with Gasteiger partial charge in [-0.05, 0) is 63.8 Å². The first-order valence-corrected chi connectivity index (χ1v) is 7.27. The fourth-order valence-electron chi connectivity index (χ4n) is 2.83. The summed E-state index contributed by atoms with van der Waals surface area (Å²) in [6.07, 6.45) is 6.44. The van der Waals surface area contributed by atoms with Gasteiger partial charge in [0.1, 0.15) is 5.75 Å². The van der Waals surface area contributed by atoms with Gasteiger partial charge in [0.25, 0.3) is 0 Å². The van der Waals surface area contributed by atoms with Gasteiger partial charge < -0.3 is 10.1 Å². The molecule has 1 saturated carbocycles. The number of hydrogen-bond acceptors (Lipinski definition) is 2. The Morgan fingerprint density at radius 2 is 2.17 bits per heavy atom. The minimum absolute atomic E-state index is 0.0178. The number of rotatable bonds is 3. The highest BCUT2D eigenvalue weighted by Crippen LogP contribution is 2.39. The van der Waals surface area contributed by atoms with Crippen molar-refractivity contribution >= 4 is 11.6 Å². The Bertz CT molecular complexity index is 436. The van der Waals surface area contributed by atoms with Gasteiger partial charge >= 0.3 is 0 Å². The van der Waals surface area contributed by atoms with Crippen LogP contribution < -0.4 is 10.1 Å². The summed E-state index contributed by atoms with van der Waals surface area (Å²) in [4.78, 5) is 0. The normalized spacial score (nSPS) is 28.1. The van der Waals surface area contributed by atoms with Gasteiger partial charge in [-0.15, -0.1) is 0 Å². The predicted octanol–water partition coefficient (Wildman–Crippen LogP) is 3.87. The molecule has 1 atom stereocenters. The highest BCUT2D eigenvalue weighted by Gasteiger charge is 2.33. The van der Waals surface area contributed by atoms with E-state index in [-0.39, 0.29) is 5.54 Å². The van der Waals surface area contributed by atoms with E-state index in [1.54, 1.807) is 0 Å². The molecule has 98 valence electrons. The summed E-state index contributed by atoms with van der Waals surface area (Å²) < 4.78 is 6.12. The topological polar surface area (TPSA) is 21.3 Å². The minimum atomic E-state index is 0.0178. The van der Waals surface area contributed by atoms with Crippen molar-refractivity contribution in [2.24, 2.45) is 0 Å². The minimum Gasteiger partial charge on any atom is -0.490 e. The maximum atomic E-state index is 6.16. The summed E-state index contributed by atoms with van der Waals surface area (Å²) in [6, 6.07) is 6.02. The number of benzene rings is 1. The molecule has 2 fully saturated rings. The van der Waals surface area contributed by atoms with Crippen molar-refractivity contribution in [1.29, 1.82) is 0 Å². The summed E-state index contributed by atoms with van der Waals surface area (Å²) >= 11 is 6.16. The predicted molar refractivity (Wildman–Crippen MR) is 74.3 cm³/mol. The monoisotopic (exact) mass is 265 g/mol. The molecule has 2 aliphatic rings. The van der Waals surface area contributed by atoms with Crippen molar-refractivity contribution in [3.8, 4) is 5.75 Å². The second-order valence-electron chi connectivity index (χ2n) is 5.67. The zero-order valence-electron chi connectivity index (χ0n) is 10.8. The van der Waals surface area contributed by atoms with Crippen molar-refractivity contribution in [2.45, 2.75) is 50.7 Å². The Morgan fingerprint density at radius 1 is 1.33 bits per heavy atom. The van der Waals surface area contributed by atoms with E-state index < -0.39 is 0 Å². The fourth-order valence-corrected chi connectivity index (χ4v) is 3.00. The molecule has 1 heterocycles. The zero-order valence-corrected chi connectivity index (χ0v) is 11.6. The molecule has 2 nitrogen and oxygen atoms in total. The lowest BCUT2D eigenvalue weighted by atomic mass is 9.89. The van der Waals surface area contributed by atoms with Crippen LogP contribution in [0.3, 0.4) is 0 Å². The maximum Gasteiger partial charge on any atom is 0.124 e. The van der Waals surface area contributed by atoms with E-state index in [0.717, 1.165) is 23.7 Å². The van der Waals surface area contributed by atoms with Gasteiger partial charge in [0.05, 0.1) is 6.10 Å². The van der Waals surface area contributed by atoms with E-state index in [0.29, 0.717) is 6.10 Å². The average molecular weight is 266 g/mol. The van der Waals surface area contributed by atoms with E-state index in [9.17, 15) is 0 Å². The third-order valence-corrected chi connectivity index (χ3v) is 4.49. The van der Waals surface area contributed by atoms with E-state index in [1.807, 2.05) is 12.1 Å². The van der Waals surface area contributed by atoms with Crippen LogP contribution >= 0.6 is 11.6 Å². The van der Waals surface area contributed by atoms with Gasteiger partial charge in [-0.2, -0.15) is 0 Å². The molecule has 0 bridgehead atoms. The van der Waals surface area contributed by atoms with E-state index >= 15 is 0 Å². The highest BCUT2D eigenvalue weighted by molar-refractivity contribution is 6.30. The summed E-state index contributed by atoms with van der Waals surface area (Å²) in [6.45, 7) is 3.32. The van der Waals surface area contributed by atoms with E-state index in [2.05, 4.69) is 18.3 Å². The molecule has 1 aromatic carbocycles. The quantitative estimate of drug-likeness (QED) is 0.896. The molecule has 1 N–H and O–H groups in total. The molecule has 3 heteroatoms. The zero-order chi connectivity index (χ0) is 12.6. The Kier molecular flexibility index (Phi) is 3.25. The fraction of sp³-hybridized carbons (Fsp3) is 0.600. The summed E-state index contributed by atoms with van der Waals surface area (Å²) in [5.74, 6) is 1.01. The molecule has 0 aromatic heterocycles. The van der Waals surface area contributed by atoms with Crippen molar-refractivity contribution in [3.63, 3.8) is 0 Å². The number of halogens is 1. The smallest absolute Gasteiger partial charge is 0.124 e. The van der Waals surface area contributed by atoms with Crippen molar-refractivity contribution in [2.75, 3.05) is 6.54 Å². The molecule has 1 aliphatic heterocycles. The Hall–Kier alpha value is -0.730. The van der Waals surface area contributed by atoms with Crippen LogP contribution in [0.1, 0.15) is 44.6 Å². The summed E-state index contributed by atoms with van der Waals surface area (Å²) in [5, 5.41) is 4.38. The third-order valence-electron chi connectivity index (χ3n) is 4.25. The van der Waals surface area contributed by atoms with Crippen LogP contribution in [0.2, 0.25) is 5.02 Å². The standard InChI is InChI=1S/C15H20ClNO/c1-15(8-3-9-17-15)13-10-11(16)6-7-14(13)18-12-4-2-5-12/h6-7,10,12,17H,2-5,8-9H2,1H3.